The summed E-state index contributed by atoms with van der Waals surface area (Å²) in [7, 11) is 0. The molecule has 8 heteroatoms. The largest absolute Gasteiger partial charge is 0.506 e. The molecule has 0 atom stereocenters. The van der Waals surface area contributed by atoms with Crippen LogP contribution in [0.2, 0.25) is 5.02 Å². The summed E-state index contributed by atoms with van der Waals surface area (Å²) in [4.78, 5) is 28.4. The Morgan fingerprint density at radius 3 is 2.65 bits per heavy atom. The first-order valence-corrected chi connectivity index (χ1v) is 8.86. The maximum absolute atomic E-state index is 12.2. The van der Waals surface area contributed by atoms with E-state index in [9.17, 15) is 14.7 Å². The Labute approximate surface area is 158 Å². The first kappa shape index (κ1) is 17.9. The highest BCUT2D eigenvalue weighted by atomic mass is 35.5. The highest BCUT2D eigenvalue weighted by Gasteiger charge is 2.14. The molecular weight excluding hydrogens is 374 g/mol. The van der Waals surface area contributed by atoms with Gasteiger partial charge in [-0.2, -0.15) is 0 Å². The van der Waals surface area contributed by atoms with Gasteiger partial charge in [0, 0.05) is 10.4 Å². The molecule has 0 saturated carbocycles. The van der Waals surface area contributed by atoms with Crippen LogP contribution in [0.1, 0.15) is 16.1 Å². The third kappa shape index (κ3) is 4.59. The summed E-state index contributed by atoms with van der Waals surface area (Å²) >= 11 is 6.99. The molecule has 3 N–H and O–H groups in total. The summed E-state index contributed by atoms with van der Waals surface area (Å²) in [6, 6.07) is 13.6. The SMILES string of the molecule is O=C(Cc1ccccc1)Nc1nc(C(=O)Nc2cc(Cl)ccc2O)cs1. The lowest BCUT2D eigenvalue weighted by atomic mass is 10.1. The zero-order valence-electron chi connectivity index (χ0n) is 13.4. The number of amides is 2. The summed E-state index contributed by atoms with van der Waals surface area (Å²) in [6.45, 7) is 0. The summed E-state index contributed by atoms with van der Waals surface area (Å²) in [6.07, 6.45) is 0.221. The molecule has 2 amide bonds. The van der Waals surface area contributed by atoms with E-state index in [0.29, 0.717) is 10.2 Å². The Morgan fingerprint density at radius 2 is 1.88 bits per heavy atom. The maximum Gasteiger partial charge on any atom is 0.275 e. The molecule has 0 saturated heterocycles. The van der Waals surface area contributed by atoms with Crippen molar-refractivity contribution < 1.29 is 14.7 Å². The van der Waals surface area contributed by atoms with Crippen molar-refractivity contribution >= 4 is 45.6 Å². The molecule has 0 aliphatic rings. The third-order valence-electron chi connectivity index (χ3n) is 3.40. The van der Waals surface area contributed by atoms with Crippen molar-refractivity contribution in [3.8, 4) is 5.75 Å². The number of nitrogens with zero attached hydrogens (tertiary/aromatic N) is 1. The van der Waals surface area contributed by atoms with E-state index in [1.54, 1.807) is 0 Å². The Balaban J connectivity index is 1.62. The molecule has 2 aromatic carbocycles. The molecule has 0 aliphatic heterocycles. The van der Waals surface area contributed by atoms with E-state index < -0.39 is 5.91 Å². The molecule has 0 bridgehead atoms. The highest BCUT2D eigenvalue weighted by molar-refractivity contribution is 7.14. The lowest BCUT2D eigenvalue weighted by molar-refractivity contribution is -0.115. The second kappa shape index (κ2) is 7.99. The minimum absolute atomic E-state index is 0.102. The third-order valence-corrected chi connectivity index (χ3v) is 4.39. The number of benzene rings is 2. The lowest BCUT2D eigenvalue weighted by Crippen LogP contribution is -2.15. The van der Waals surface area contributed by atoms with Crippen LogP contribution < -0.4 is 10.6 Å². The Bertz CT molecular complexity index is 944. The van der Waals surface area contributed by atoms with Crippen LogP contribution in [0, 0.1) is 0 Å². The number of nitrogens with one attached hydrogen (secondary N) is 2. The van der Waals surface area contributed by atoms with Crippen LogP contribution in [-0.4, -0.2) is 21.9 Å². The average Bonchev–Trinajstić information content (AvgIpc) is 3.07. The summed E-state index contributed by atoms with van der Waals surface area (Å²) < 4.78 is 0. The number of thiazole rings is 1. The van der Waals surface area contributed by atoms with Crippen LogP contribution in [0.4, 0.5) is 10.8 Å². The molecule has 1 heterocycles. The zero-order valence-corrected chi connectivity index (χ0v) is 15.0. The molecule has 0 fully saturated rings. The number of halogens is 1. The Hall–Kier alpha value is -2.90. The van der Waals surface area contributed by atoms with Gasteiger partial charge in [-0.15, -0.1) is 11.3 Å². The average molecular weight is 388 g/mol. The topological polar surface area (TPSA) is 91.3 Å². The van der Waals surface area contributed by atoms with Gasteiger partial charge in [0.25, 0.3) is 5.91 Å². The first-order valence-electron chi connectivity index (χ1n) is 7.60. The molecule has 0 aliphatic carbocycles. The van der Waals surface area contributed by atoms with Crippen molar-refractivity contribution in [3.63, 3.8) is 0 Å². The molecule has 132 valence electrons. The summed E-state index contributed by atoms with van der Waals surface area (Å²) in [5, 5.41) is 17.2. The van der Waals surface area contributed by atoms with Gasteiger partial charge in [0.2, 0.25) is 5.91 Å². The van der Waals surface area contributed by atoms with Gasteiger partial charge in [0.1, 0.15) is 11.4 Å². The number of carbonyl (C=O) groups excluding carboxylic acids is 2. The molecular formula is C18H14ClN3O3S. The quantitative estimate of drug-likeness (QED) is 0.578. The summed E-state index contributed by atoms with van der Waals surface area (Å²) in [5.74, 6) is -0.832. The van der Waals surface area contributed by atoms with E-state index in [1.807, 2.05) is 30.3 Å². The van der Waals surface area contributed by atoms with E-state index in [2.05, 4.69) is 15.6 Å². The number of aromatic hydroxyl groups is 1. The van der Waals surface area contributed by atoms with E-state index in [0.717, 1.165) is 16.9 Å². The van der Waals surface area contributed by atoms with Gasteiger partial charge in [-0.25, -0.2) is 4.98 Å². The van der Waals surface area contributed by atoms with Crippen molar-refractivity contribution in [1.29, 1.82) is 0 Å². The van der Waals surface area contributed by atoms with Crippen molar-refractivity contribution in [1.82, 2.24) is 4.98 Å². The predicted octanol–water partition coefficient (Wildman–Crippen LogP) is 3.94. The standard InChI is InChI=1S/C18H14ClN3O3S/c19-12-6-7-15(23)13(9-12)20-17(25)14-10-26-18(21-14)22-16(24)8-11-4-2-1-3-5-11/h1-7,9-10,23H,8H2,(H,20,25)(H,21,22,24). The monoisotopic (exact) mass is 387 g/mol. The van der Waals surface area contributed by atoms with Crippen LogP contribution >= 0.6 is 22.9 Å². The van der Waals surface area contributed by atoms with E-state index in [4.69, 9.17) is 11.6 Å². The fraction of sp³-hybridized carbons (Fsp3) is 0.0556. The lowest BCUT2D eigenvalue weighted by Gasteiger charge is -2.06. The van der Waals surface area contributed by atoms with Gasteiger partial charge < -0.3 is 15.7 Å². The van der Waals surface area contributed by atoms with Crippen LogP contribution in [0.5, 0.6) is 5.75 Å². The zero-order chi connectivity index (χ0) is 18.5. The number of carbonyl (C=O) groups is 2. The second-order valence-corrected chi connectivity index (χ2v) is 6.66. The molecule has 1 aromatic heterocycles. The normalized spacial score (nSPS) is 10.3. The van der Waals surface area contributed by atoms with E-state index in [-0.39, 0.29) is 29.5 Å². The molecule has 26 heavy (non-hydrogen) atoms. The molecule has 0 unspecified atom stereocenters. The van der Waals surface area contributed by atoms with Gasteiger partial charge in [0.15, 0.2) is 5.13 Å². The Kier molecular flexibility index (Phi) is 5.50. The number of rotatable bonds is 5. The van der Waals surface area contributed by atoms with Crippen LogP contribution in [0.25, 0.3) is 0 Å². The van der Waals surface area contributed by atoms with Crippen molar-refractivity contribution in [2.75, 3.05) is 10.6 Å². The second-order valence-electron chi connectivity index (χ2n) is 5.36. The van der Waals surface area contributed by atoms with Gasteiger partial charge in [-0.3, -0.25) is 9.59 Å². The van der Waals surface area contributed by atoms with Crippen molar-refractivity contribution in [2.45, 2.75) is 6.42 Å². The number of anilines is 2. The van der Waals surface area contributed by atoms with Crippen LogP contribution in [0.15, 0.2) is 53.9 Å². The van der Waals surface area contributed by atoms with Crippen LogP contribution in [0.3, 0.4) is 0 Å². The fourth-order valence-corrected chi connectivity index (χ4v) is 3.05. The number of phenols is 1. The molecule has 6 nitrogen and oxygen atoms in total. The highest BCUT2D eigenvalue weighted by Crippen LogP contribution is 2.27. The van der Waals surface area contributed by atoms with E-state index >= 15 is 0 Å². The van der Waals surface area contributed by atoms with Crippen molar-refractivity contribution in [2.24, 2.45) is 0 Å². The van der Waals surface area contributed by atoms with Crippen LogP contribution in [-0.2, 0) is 11.2 Å². The maximum atomic E-state index is 12.2. The van der Waals surface area contributed by atoms with E-state index in [1.165, 1.54) is 23.6 Å². The number of aromatic nitrogens is 1. The summed E-state index contributed by atoms with van der Waals surface area (Å²) in [5.41, 5.74) is 1.20. The number of hydrogen-bond acceptors (Lipinski definition) is 5. The van der Waals surface area contributed by atoms with Crippen molar-refractivity contribution in [3.05, 3.63) is 70.2 Å². The first-order chi connectivity index (χ1) is 12.5. The number of phenolic OH excluding ortho intramolecular Hbond substituents is 1. The molecule has 3 rings (SSSR count). The molecule has 3 aromatic rings. The predicted molar refractivity (Wildman–Crippen MR) is 102 cm³/mol. The Morgan fingerprint density at radius 1 is 1.12 bits per heavy atom. The van der Waals surface area contributed by atoms with Gasteiger partial charge >= 0.3 is 0 Å². The number of hydrogen-bond donors (Lipinski definition) is 3. The van der Waals surface area contributed by atoms with Gasteiger partial charge in [-0.1, -0.05) is 41.9 Å². The smallest absolute Gasteiger partial charge is 0.275 e. The molecule has 0 radical (unpaired) electrons. The van der Waals surface area contributed by atoms with Gasteiger partial charge in [0.05, 0.1) is 12.1 Å². The van der Waals surface area contributed by atoms with Gasteiger partial charge in [-0.05, 0) is 23.8 Å². The fourth-order valence-electron chi connectivity index (χ4n) is 2.17. The molecule has 0 spiro atoms. The minimum atomic E-state index is -0.512. The minimum Gasteiger partial charge on any atom is -0.506 e.